The molecule has 0 saturated carbocycles. The second-order valence-corrected chi connectivity index (χ2v) is 3.20. The number of fused-ring (bicyclic) bond motifs is 1. The van der Waals surface area contributed by atoms with Crippen LogP contribution in [0.5, 0.6) is 0 Å². The Hall–Kier alpha value is -1.65. The molecular formula is C9H13N5. The van der Waals surface area contributed by atoms with Gasteiger partial charge < -0.3 is 5.73 Å². The Labute approximate surface area is 82.0 Å². The van der Waals surface area contributed by atoms with Crippen LogP contribution in [0.1, 0.15) is 25.6 Å². The summed E-state index contributed by atoms with van der Waals surface area (Å²) in [7, 11) is 0. The minimum atomic E-state index is 0.408. The van der Waals surface area contributed by atoms with Gasteiger partial charge in [-0.15, -0.1) is 0 Å². The van der Waals surface area contributed by atoms with E-state index in [1.165, 1.54) is 4.52 Å². The zero-order chi connectivity index (χ0) is 9.97. The average molecular weight is 191 g/mol. The highest BCUT2D eigenvalue weighted by Crippen LogP contribution is 2.06. The topological polar surface area (TPSA) is 69.1 Å². The van der Waals surface area contributed by atoms with Crippen LogP contribution >= 0.6 is 0 Å². The first kappa shape index (κ1) is 8.93. The molecule has 0 atom stereocenters. The summed E-state index contributed by atoms with van der Waals surface area (Å²) >= 11 is 0. The van der Waals surface area contributed by atoms with Gasteiger partial charge in [0.2, 0.25) is 5.95 Å². The van der Waals surface area contributed by atoms with E-state index in [1.54, 1.807) is 6.20 Å². The van der Waals surface area contributed by atoms with Gasteiger partial charge in [-0.2, -0.15) is 14.6 Å². The van der Waals surface area contributed by atoms with E-state index in [4.69, 9.17) is 5.73 Å². The Balaban J connectivity index is 2.38. The molecule has 2 aromatic rings. The number of hydrogen-bond donors (Lipinski definition) is 1. The molecule has 0 radical (unpaired) electrons. The number of rotatable bonds is 3. The van der Waals surface area contributed by atoms with Crippen molar-refractivity contribution in [2.45, 2.75) is 26.2 Å². The third-order valence-electron chi connectivity index (χ3n) is 2.08. The number of anilines is 1. The summed E-state index contributed by atoms with van der Waals surface area (Å²) in [6.45, 7) is 2.14. The molecular weight excluding hydrogens is 178 g/mol. The fraction of sp³-hybridized carbons (Fsp3) is 0.444. The van der Waals surface area contributed by atoms with E-state index in [0.717, 1.165) is 30.7 Å². The highest BCUT2D eigenvalue weighted by Gasteiger charge is 2.04. The monoisotopic (exact) mass is 191 g/mol. The number of aromatic nitrogens is 4. The van der Waals surface area contributed by atoms with Crippen molar-refractivity contribution in [3.05, 3.63) is 18.1 Å². The second kappa shape index (κ2) is 3.61. The molecule has 2 N–H and O–H groups in total. The maximum absolute atomic E-state index is 5.72. The smallest absolute Gasteiger partial charge is 0.224 e. The number of nitrogens with two attached hydrogens (primary N) is 1. The van der Waals surface area contributed by atoms with Crippen LogP contribution in [0, 0.1) is 0 Å². The zero-order valence-corrected chi connectivity index (χ0v) is 8.14. The van der Waals surface area contributed by atoms with E-state index < -0.39 is 0 Å². The van der Waals surface area contributed by atoms with Crippen LogP contribution in [0.2, 0.25) is 0 Å². The van der Waals surface area contributed by atoms with Crippen LogP contribution in [0.15, 0.2) is 12.3 Å². The Morgan fingerprint density at radius 1 is 1.43 bits per heavy atom. The highest BCUT2D eigenvalue weighted by molar-refractivity contribution is 5.41. The summed E-state index contributed by atoms with van der Waals surface area (Å²) < 4.78 is 1.54. The lowest BCUT2D eigenvalue weighted by molar-refractivity contribution is 0.743. The third-order valence-corrected chi connectivity index (χ3v) is 2.08. The van der Waals surface area contributed by atoms with Gasteiger partial charge in [-0.05, 0) is 6.42 Å². The number of unbranched alkanes of at least 4 members (excludes halogenated alkanes) is 1. The molecule has 5 nitrogen and oxygen atoms in total. The van der Waals surface area contributed by atoms with Gasteiger partial charge in [0.1, 0.15) is 5.82 Å². The van der Waals surface area contributed by atoms with E-state index in [0.29, 0.717) is 5.95 Å². The molecule has 0 aliphatic rings. The molecule has 0 aliphatic heterocycles. The van der Waals surface area contributed by atoms with E-state index >= 15 is 0 Å². The second-order valence-electron chi connectivity index (χ2n) is 3.20. The molecule has 0 amide bonds. The number of nitrogens with zero attached hydrogens (tertiary/aromatic N) is 4. The van der Waals surface area contributed by atoms with Gasteiger partial charge in [0, 0.05) is 12.5 Å². The first-order valence-corrected chi connectivity index (χ1v) is 4.77. The Morgan fingerprint density at radius 3 is 3.07 bits per heavy atom. The fourth-order valence-corrected chi connectivity index (χ4v) is 1.34. The van der Waals surface area contributed by atoms with Gasteiger partial charge in [-0.1, -0.05) is 13.3 Å². The van der Waals surface area contributed by atoms with Crippen molar-refractivity contribution in [3.8, 4) is 0 Å². The molecule has 0 saturated heterocycles. The maximum atomic E-state index is 5.72. The lowest BCUT2D eigenvalue weighted by atomic mass is 10.2. The molecule has 0 fully saturated rings. The first-order chi connectivity index (χ1) is 6.81. The van der Waals surface area contributed by atoms with Crippen molar-refractivity contribution >= 4 is 11.6 Å². The largest absolute Gasteiger partial charge is 0.368 e. The van der Waals surface area contributed by atoms with Gasteiger partial charge in [0.25, 0.3) is 0 Å². The summed E-state index contributed by atoms with van der Waals surface area (Å²) in [5.41, 5.74) is 6.49. The molecule has 2 aromatic heterocycles. The summed E-state index contributed by atoms with van der Waals surface area (Å²) in [6.07, 6.45) is 4.77. The Morgan fingerprint density at radius 2 is 2.29 bits per heavy atom. The van der Waals surface area contributed by atoms with Crippen LogP contribution in [0.4, 0.5) is 5.95 Å². The predicted octanol–water partition coefficient (Wildman–Crippen LogP) is 1.05. The normalized spacial score (nSPS) is 10.9. The van der Waals surface area contributed by atoms with E-state index in [1.807, 2.05) is 6.07 Å². The van der Waals surface area contributed by atoms with Crippen molar-refractivity contribution in [1.29, 1.82) is 0 Å². The molecule has 0 bridgehead atoms. The summed E-state index contributed by atoms with van der Waals surface area (Å²) in [6, 6.07) is 1.83. The summed E-state index contributed by atoms with van der Waals surface area (Å²) in [5, 5.41) is 4.01. The molecule has 2 rings (SSSR count). The number of hydrogen-bond acceptors (Lipinski definition) is 4. The molecule has 0 spiro atoms. The van der Waals surface area contributed by atoms with E-state index in [-0.39, 0.29) is 0 Å². The molecule has 5 heteroatoms. The van der Waals surface area contributed by atoms with E-state index in [9.17, 15) is 0 Å². The van der Waals surface area contributed by atoms with Crippen molar-refractivity contribution in [2.75, 3.05) is 5.73 Å². The van der Waals surface area contributed by atoms with Crippen molar-refractivity contribution in [3.63, 3.8) is 0 Å². The van der Waals surface area contributed by atoms with Crippen molar-refractivity contribution < 1.29 is 0 Å². The Bertz CT molecular complexity index is 434. The molecule has 14 heavy (non-hydrogen) atoms. The van der Waals surface area contributed by atoms with Gasteiger partial charge in [0.15, 0.2) is 5.65 Å². The number of nitrogen functional groups attached to an aromatic ring is 1. The fourth-order valence-electron chi connectivity index (χ4n) is 1.34. The van der Waals surface area contributed by atoms with Crippen LogP contribution in [-0.4, -0.2) is 19.6 Å². The standard InChI is InChI=1S/C9H13N5/c1-2-3-4-7-12-8-5-6-11-14(8)9(10)13-7/h5-6H,2-4H2,1H3,(H2,10,12,13). The first-order valence-electron chi connectivity index (χ1n) is 4.77. The lowest BCUT2D eigenvalue weighted by Gasteiger charge is -2.01. The summed E-state index contributed by atoms with van der Waals surface area (Å²) in [4.78, 5) is 8.52. The lowest BCUT2D eigenvalue weighted by Crippen LogP contribution is -2.07. The van der Waals surface area contributed by atoms with Gasteiger partial charge >= 0.3 is 0 Å². The SMILES string of the molecule is CCCCc1nc(N)n2nccc2n1. The zero-order valence-electron chi connectivity index (χ0n) is 8.14. The van der Waals surface area contributed by atoms with Gasteiger partial charge in [-0.25, -0.2) is 4.98 Å². The van der Waals surface area contributed by atoms with Crippen molar-refractivity contribution in [2.24, 2.45) is 0 Å². The van der Waals surface area contributed by atoms with Crippen LogP contribution in [0.25, 0.3) is 5.65 Å². The third kappa shape index (κ3) is 1.53. The minimum absolute atomic E-state index is 0.408. The highest BCUT2D eigenvalue weighted by atomic mass is 15.3. The minimum Gasteiger partial charge on any atom is -0.368 e. The van der Waals surface area contributed by atoms with Crippen LogP contribution < -0.4 is 5.73 Å². The molecule has 0 unspecified atom stereocenters. The molecule has 74 valence electrons. The summed E-state index contributed by atoms with van der Waals surface area (Å²) in [5.74, 6) is 1.21. The van der Waals surface area contributed by atoms with Crippen molar-refractivity contribution in [1.82, 2.24) is 19.6 Å². The van der Waals surface area contributed by atoms with Crippen LogP contribution in [-0.2, 0) is 6.42 Å². The molecule has 2 heterocycles. The molecule has 0 aromatic carbocycles. The predicted molar refractivity (Wildman–Crippen MR) is 53.8 cm³/mol. The molecule has 0 aliphatic carbocycles. The van der Waals surface area contributed by atoms with E-state index in [2.05, 4.69) is 22.0 Å². The quantitative estimate of drug-likeness (QED) is 0.787. The van der Waals surface area contributed by atoms with Crippen LogP contribution in [0.3, 0.4) is 0 Å². The van der Waals surface area contributed by atoms with Gasteiger partial charge in [-0.3, -0.25) is 0 Å². The number of aryl methyl sites for hydroxylation is 1. The Kier molecular flexibility index (Phi) is 2.30. The average Bonchev–Trinajstić information content (AvgIpc) is 2.63. The van der Waals surface area contributed by atoms with Gasteiger partial charge in [0.05, 0.1) is 6.20 Å². The maximum Gasteiger partial charge on any atom is 0.224 e.